The summed E-state index contributed by atoms with van der Waals surface area (Å²) in [6.07, 6.45) is 0. The van der Waals surface area contributed by atoms with E-state index in [0.717, 1.165) is 18.2 Å². The number of nitro groups is 1. The quantitative estimate of drug-likeness (QED) is 0.419. The van der Waals surface area contributed by atoms with Crippen molar-refractivity contribution in [2.75, 3.05) is 23.8 Å². The van der Waals surface area contributed by atoms with E-state index in [9.17, 15) is 22.7 Å². The fourth-order valence-electron chi connectivity index (χ4n) is 1.41. The number of nitrogen functional groups attached to an aromatic ring is 1. The van der Waals surface area contributed by atoms with Crippen LogP contribution in [0.1, 0.15) is 6.92 Å². The molecule has 10 heteroatoms. The lowest BCUT2D eigenvalue weighted by molar-refractivity contribution is -0.384. The number of nitro benzene ring substituents is 1. The largest absolute Gasteiger partial charge is 0.397 e. The zero-order valence-corrected chi connectivity index (χ0v) is 12.4. The predicted octanol–water partition coefficient (Wildman–Crippen LogP) is 0.224. The predicted molar refractivity (Wildman–Crippen MR) is 76.2 cm³/mol. The Hall–Kier alpha value is -1.52. The van der Waals surface area contributed by atoms with Gasteiger partial charge in [0.2, 0.25) is 10.0 Å². The molecule has 0 saturated heterocycles. The molecule has 1 aromatic rings. The van der Waals surface area contributed by atoms with Gasteiger partial charge in [0, 0.05) is 41.0 Å². The number of anilines is 1. The van der Waals surface area contributed by atoms with Crippen LogP contribution >= 0.6 is 0 Å². The average molecular weight is 321 g/mol. The van der Waals surface area contributed by atoms with Crippen molar-refractivity contribution in [3.05, 3.63) is 28.3 Å². The van der Waals surface area contributed by atoms with Crippen LogP contribution in [0.25, 0.3) is 0 Å². The molecule has 1 atom stereocenters. The van der Waals surface area contributed by atoms with Gasteiger partial charge in [-0.25, -0.2) is 13.1 Å². The van der Waals surface area contributed by atoms with E-state index in [-0.39, 0.29) is 28.6 Å². The Labute approximate surface area is 119 Å². The summed E-state index contributed by atoms with van der Waals surface area (Å²) in [5, 5.41) is 10.5. The number of hydrogen-bond acceptors (Lipinski definition) is 6. The van der Waals surface area contributed by atoms with Gasteiger partial charge in [-0.1, -0.05) is 6.92 Å². The Morgan fingerprint density at radius 2 is 2.10 bits per heavy atom. The second-order valence-corrected chi connectivity index (χ2v) is 7.41. The van der Waals surface area contributed by atoms with Crippen LogP contribution < -0.4 is 10.5 Å². The highest BCUT2D eigenvalue weighted by atomic mass is 32.2. The molecule has 0 heterocycles. The number of sulfonamides is 1. The van der Waals surface area contributed by atoms with Crippen molar-refractivity contribution in [3.63, 3.8) is 0 Å². The fourth-order valence-corrected chi connectivity index (χ4v) is 3.30. The van der Waals surface area contributed by atoms with E-state index in [1.54, 1.807) is 6.92 Å². The SMILES string of the molecule is CCS(=O)CCNS(=O)(=O)c1ccc([N+](=O)[O-])cc1N. The molecular weight excluding hydrogens is 306 g/mol. The lowest BCUT2D eigenvalue weighted by Gasteiger charge is -2.08. The van der Waals surface area contributed by atoms with Crippen LogP contribution in [0.3, 0.4) is 0 Å². The van der Waals surface area contributed by atoms with Gasteiger partial charge in [-0.2, -0.15) is 0 Å². The first-order chi connectivity index (χ1) is 9.27. The molecule has 1 aromatic carbocycles. The number of nitrogens with one attached hydrogen (secondary N) is 1. The number of nitrogens with two attached hydrogens (primary N) is 1. The van der Waals surface area contributed by atoms with Gasteiger partial charge < -0.3 is 5.73 Å². The van der Waals surface area contributed by atoms with Crippen molar-refractivity contribution in [1.29, 1.82) is 0 Å². The third-order valence-corrected chi connectivity index (χ3v) is 5.28. The second-order valence-electron chi connectivity index (χ2n) is 3.81. The lowest BCUT2D eigenvalue weighted by Crippen LogP contribution is -2.28. The number of hydrogen-bond donors (Lipinski definition) is 2. The van der Waals surface area contributed by atoms with Gasteiger partial charge in [0.25, 0.3) is 5.69 Å². The summed E-state index contributed by atoms with van der Waals surface area (Å²) < 4.78 is 37.3. The summed E-state index contributed by atoms with van der Waals surface area (Å²) in [5.41, 5.74) is 5.03. The molecule has 20 heavy (non-hydrogen) atoms. The molecule has 0 aromatic heterocycles. The molecule has 0 bridgehead atoms. The zero-order valence-electron chi connectivity index (χ0n) is 10.7. The minimum absolute atomic E-state index is 0.0131. The summed E-state index contributed by atoms with van der Waals surface area (Å²) in [5.74, 6) is 0.643. The van der Waals surface area contributed by atoms with E-state index >= 15 is 0 Å². The molecule has 0 spiro atoms. The first-order valence-electron chi connectivity index (χ1n) is 5.66. The number of benzene rings is 1. The average Bonchev–Trinajstić information content (AvgIpc) is 2.37. The van der Waals surface area contributed by atoms with Crippen molar-refractivity contribution < 1.29 is 17.6 Å². The zero-order chi connectivity index (χ0) is 15.3. The first-order valence-corrected chi connectivity index (χ1v) is 8.63. The van der Waals surface area contributed by atoms with Crippen molar-refractivity contribution in [2.45, 2.75) is 11.8 Å². The van der Waals surface area contributed by atoms with E-state index in [1.165, 1.54) is 0 Å². The lowest BCUT2D eigenvalue weighted by atomic mass is 10.3. The number of rotatable bonds is 7. The van der Waals surface area contributed by atoms with Crippen molar-refractivity contribution in [2.24, 2.45) is 0 Å². The van der Waals surface area contributed by atoms with Crippen molar-refractivity contribution in [1.82, 2.24) is 4.72 Å². The standard InChI is InChI=1S/C10H15N3O5S2/c1-2-19(16)6-5-12-20(17,18)10-4-3-8(13(14)15)7-9(10)11/h3-4,7,12H,2,5-6,11H2,1H3. The first kappa shape index (κ1) is 16.5. The Morgan fingerprint density at radius 3 is 2.60 bits per heavy atom. The van der Waals surface area contributed by atoms with Crippen molar-refractivity contribution in [3.8, 4) is 0 Å². The van der Waals surface area contributed by atoms with Crippen LogP contribution in [0.2, 0.25) is 0 Å². The Balaban J connectivity index is 2.87. The Kier molecular flexibility index (Phi) is 5.60. The molecule has 0 aliphatic heterocycles. The van der Waals surface area contributed by atoms with E-state index in [1.807, 2.05) is 0 Å². The fraction of sp³-hybridized carbons (Fsp3) is 0.400. The second kappa shape index (κ2) is 6.77. The molecule has 1 rings (SSSR count). The summed E-state index contributed by atoms with van der Waals surface area (Å²) in [6, 6.07) is 3.13. The molecule has 112 valence electrons. The van der Waals surface area contributed by atoms with Gasteiger partial charge in [-0.05, 0) is 6.07 Å². The third-order valence-electron chi connectivity index (χ3n) is 2.44. The van der Waals surface area contributed by atoms with E-state index in [2.05, 4.69) is 4.72 Å². The monoisotopic (exact) mass is 321 g/mol. The van der Waals surface area contributed by atoms with Crippen LogP contribution in [0.15, 0.2) is 23.1 Å². The van der Waals surface area contributed by atoms with E-state index in [0.29, 0.717) is 5.75 Å². The molecule has 8 nitrogen and oxygen atoms in total. The summed E-state index contributed by atoms with van der Waals surface area (Å²) >= 11 is 0. The van der Waals surface area contributed by atoms with E-state index < -0.39 is 25.7 Å². The molecule has 0 saturated carbocycles. The topological polar surface area (TPSA) is 132 Å². The van der Waals surface area contributed by atoms with Crippen LogP contribution in [-0.2, 0) is 20.8 Å². The smallest absolute Gasteiger partial charge is 0.271 e. The number of non-ortho nitro benzene ring substituents is 1. The third kappa shape index (κ3) is 4.25. The van der Waals surface area contributed by atoms with Crippen LogP contribution in [-0.4, -0.2) is 35.6 Å². The maximum absolute atomic E-state index is 11.9. The maximum Gasteiger partial charge on any atom is 0.271 e. The van der Waals surface area contributed by atoms with Crippen molar-refractivity contribution >= 4 is 32.2 Å². The molecule has 0 aliphatic rings. The summed E-state index contributed by atoms with van der Waals surface area (Å²) in [7, 11) is -4.95. The molecule has 0 radical (unpaired) electrons. The maximum atomic E-state index is 11.9. The van der Waals surface area contributed by atoms with Gasteiger partial charge in [0.15, 0.2) is 0 Å². The van der Waals surface area contributed by atoms with E-state index in [4.69, 9.17) is 5.73 Å². The normalized spacial score (nSPS) is 13.1. The highest BCUT2D eigenvalue weighted by Crippen LogP contribution is 2.23. The highest BCUT2D eigenvalue weighted by Gasteiger charge is 2.19. The molecule has 0 amide bonds. The van der Waals surface area contributed by atoms with Gasteiger partial charge >= 0.3 is 0 Å². The van der Waals surface area contributed by atoms with Crippen LogP contribution in [0.4, 0.5) is 11.4 Å². The Bertz CT molecular complexity index is 630. The number of nitrogens with zero attached hydrogens (tertiary/aromatic N) is 1. The highest BCUT2D eigenvalue weighted by molar-refractivity contribution is 7.89. The summed E-state index contributed by atoms with van der Waals surface area (Å²) in [4.78, 5) is 9.65. The minimum atomic E-state index is -3.87. The molecular formula is C10H15N3O5S2. The summed E-state index contributed by atoms with van der Waals surface area (Å²) in [6.45, 7) is 1.75. The minimum Gasteiger partial charge on any atom is -0.397 e. The van der Waals surface area contributed by atoms with Gasteiger partial charge in [-0.3, -0.25) is 14.3 Å². The molecule has 0 fully saturated rings. The van der Waals surface area contributed by atoms with Crippen LogP contribution in [0.5, 0.6) is 0 Å². The van der Waals surface area contributed by atoms with Gasteiger partial charge in [0.05, 0.1) is 10.6 Å². The Morgan fingerprint density at radius 1 is 1.45 bits per heavy atom. The van der Waals surface area contributed by atoms with Gasteiger partial charge in [-0.15, -0.1) is 0 Å². The molecule has 0 aliphatic carbocycles. The van der Waals surface area contributed by atoms with Gasteiger partial charge in [0.1, 0.15) is 4.90 Å². The molecule has 1 unspecified atom stereocenters. The molecule has 3 N–H and O–H groups in total. The van der Waals surface area contributed by atoms with Crippen LogP contribution in [0, 0.1) is 10.1 Å².